The molecule has 0 aliphatic heterocycles. The quantitative estimate of drug-likeness (QED) is 0.735. The van der Waals surface area contributed by atoms with E-state index in [1.807, 2.05) is 19.9 Å². The third-order valence-corrected chi connectivity index (χ3v) is 3.64. The molecule has 0 N–H and O–H groups in total. The largest absolute Gasteiger partial charge is 0.273 e. The van der Waals surface area contributed by atoms with E-state index in [0.29, 0.717) is 0 Å². The van der Waals surface area contributed by atoms with E-state index < -0.39 is 0 Å². The summed E-state index contributed by atoms with van der Waals surface area (Å²) >= 11 is 3.53. The van der Waals surface area contributed by atoms with Crippen molar-refractivity contribution in [3.05, 3.63) is 27.9 Å². The van der Waals surface area contributed by atoms with Gasteiger partial charge in [0.25, 0.3) is 0 Å². The third kappa shape index (κ3) is 1.49. The standard InChI is InChI=1S/C11H11BrN2O/c1-6-4-10-9(11(12)7(6)2)5-13-14(10)8(3)15/h4-5H,1-3H3. The zero-order valence-electron chi connectivity index (χ0n) is 8.84. The Morgan fingerprint density at radius 3 is 2.73 bits per heavy atom. The Morgan fingerprint density at radius 1 is 1.47 bits per heavy atom. The Hall–Kier alpha value is -1.16. The van der Waals surface area contributed by atoms with E-state index in [2.05, 4.69) is 21.0 Å². The van der Waals surface area contributed by atoms with Crippen molar-refractivity contribution in [1.29, 1.82) is 0 Å². The molecule has 0 amide bonds. The van der Waals surface area contributed by atoms with Crippen molar-refractivity contribution in [2.75, 3.05) is 0 Å². The van der Waals surface area contributed by atoms with Gasteiger partial charge >= 0.3 is 0 Å². The van der Waals surface area contributed by atoms with Crippen molar-refractivity contribution < 1.29 is 4.79 Å². The monoisotopic (exact) mass is 266 g/mol. The van der Waals surface area contributed by atoms with E-state index in [0.717, 1.165) is 20.9 Å². The fraction of sp³-hybridized carbons (Fsp3) is 0.273. The van der Waals surface area contributed by atoms with Gasteiger partial charge in [0.05, 0.1) is 11.7 Å². The molecule has 2 rings (SSSR count). The maximum Gasteiger partial charge on any atom is 0.244 e. The summed E-state index contributed by atoms with van der Waals surface area (Å²) in [6, 6.07) is 1.99. The van der Waals surface area contributed by atoms with Crippen LogP contribution in [0.25, 0.3) is 10.9 Å². The number of fused-ring (bicyclic) bond motifs is 1. The lowest BCUT2D eigenvalue weighted by atomic mass is 10.1. The van der Waals surface area contributed by atoms with Gasteiger partial charge in [-0.15, -0.1) is 0 Å². The Labute approximate surface area is 96.2 Å². The molecule has 2 aromatic rings. The smallest absolute Gasteiger partial charge is 0.244 e. The second-order valence-electron chi connectivity index (χ2n) is 3.64. The number of rotatable bonds is 0. The molecule has 0 atom stereocenters. The van der Waals surface area contributed by atoms with Crippen LogP contribution in [0.3, 0.4) is 0 Å². The number of aromatic nitrogens is 2. The Kier molecular flexibility index (Phi) is 2.38. The van der Waals surface area contributed by atoms with Gasteiger partial charge in [-0.1, -0.05) is 0 Å². The lowest BCUT2D eigenvalue weighted by molar-refractivity contribution is 0.0927. The molecule has 0 unspecified atom stereocenters. The molecular formula is C11H11BrN2O. The summed E-state index contributed by atoms with van der Waals surface area (Å²) in [5, 5.41) is 5.05. The molecule has 1 aromatic heterocycles. The predicted molar refractivity (Wildman–Crippen MR) is 63.2 cm³/mol. The summed E-state index contributed by atoms with van der Waals surface area (Å²) in [5.74, 6) is -0.0693. The highest BCUT2D eigenvalue weighted by Crippen LogP contribution is 2.29. The zero-order valence-corrected chi connectivity index (χ0v) is 10.4. The lowest BCUT2D eigenvalue weighted by Gasteiger charge is -2.05. The Bertz CT molecular complexity index is 557. The highest BCUT2D eigenvalue weighted by atomic mass is 79.9. The minimum atomic E-state index is -0.0693. The predicted octanol–water partition coefficient (Wildman–Crippen LogP) is 3.08. The summed E-state index contributed by atoms with van der Waals surface area (Å²) in [6.07, 6.45) is 1.72. The van der Waals surface area contributed by atoms with Crippen LogP contribution < -0.4 is 0 Å². The number of carbonyl (C=O) groups is 1. The van der Waals surface area contributed by atoms with Crippen molar-refractivity contribution in [2.24, 2.45) is 0 Å². The number of hydrogen-bond donors (Lipinski definition) is 0. The van der Waals surface area contributed by atoms with E-state index in [1.165, 1.54) is 17.2 Å². The molecule has 0 aliphatic rings. The first-order chi connectivity index (χ1) is 7.02. The minimum Gasteiger partial charge on any atom is -0.273 e. The zero-order chi connectivity index (χ0) is 11.2. The van der Waals surface area contributed by atoms with Crippen LogP contribution in [0.2, 0.25) is 0 Å². The van der Waals surface area contributed by atoms with Crippen LogP contribution in [-0.2, 0) is 0 Å². The summed E-state index contributed by atoms with van der Waals surface area (Å²) in [4.78, 5) is 11.3. The van der Waals surface area contributed by atoms with Crippen LogP contribution in [0.5, 0.6) is 0 Å². The van der Waals surface area contributed by atoms with Crippen LogP contribution in [0.1, 0.15) is 22.8 Å². The van der Waals surface area contributed by atoms with Crippen LogP contribution in [0.15, 0.2) is 16.7 Å². The van der Waals surface area contributed by atoms with E-state index >= 15 is 0 Å². The Morgan fingerprint density at radius 2 is 2.13 bits per heavy atom. The SMILES string of the molecule is CC(=O)n1ncc2c(Br)c(C)c(C)cc21. The van der Waals surface area contributed by atoms with Crippen molar-refractivity contribution in [1.82, 2.24) is 9.78 Å². The number of hydrogen-bond acceptors (Lipinski definition) is 2. The van der Waals surface area contributed by atoms with Crippen molar-refractivity contribution >= 4 is 32.7 Å². The van der Waals surface area contributed by atoms with Crippen LogP contribution in [0, 0.1) is 13.8 Å². The average Bonchev–Trinajstić information content (AvgIpc) is 2.58. The topological polar surface area (TPSA) is 34.9 Å². The molecule has 0 bridgehead atoms. The van der Waals surface area contributed by atoms with Crippen LogP contribution in [-0.4, -0.2) is 15.7 Å². The highest BCUT2D eigenvalue weighted by molar-refractivity contribution is 9.10. The lowest BCUT2D eigenvalue weighted by Crippen LogP contribution is -2.06. The maximum atomic E-state index is 11.3. The maximum absolute atomic E-state index is 11.3. The van der Waals surface area contributed by atoms with Gasteiger partial charge in [-0.2, -0.15) is 5.10 Å². The van der Waals surface area contributed by atoms with Crippen molar-refractivity contribution in [2.45, 2.75) is 20.8 Å². The third-order valence-electron chi connectivity index (χ3n) is 2.62. The van der Waals surface area contributed by atoms with Gasteiger partial charge in [0.2, 0.25) is 5.91 Å². The molecular weight excluding hydrogens is 256 g/mol. The minimum absolute atomic E-state index is 0.0693. The fourth-order valence-electron chi connectivity index (χ4n) is 1.61. The first-order valence-corrected chi connectivity index (χ1v) is 5.46. The van der Waals surface area contributed by atoms with Gasteiger partial charge in [0.15, 0.2) is 0 Å². The molecule has 0 fully saturated rings. The molecule has 0 aliphatic carbocycles. The molecule has 3 nitrogen and oxygen atoms in total. The number of aryl methyl sites for hydroxylation is 1. The second-order valence-corrected chi connectivity index (χ2v) is 4.43. The molecule has 4 heteroatoms. The van der Waals surface area contributed by atoms with E-state index in [1.54, 1.807) is 6.20 Å². The molecule has 78 valence electrons. The summed E-state index contributed by atoms with van der Waals surface area (Å²) in [5.41, 5.74) is 3.19. The molecule has 0 radical (unpaired) electrons. The number of nitrogens with zero attached hydrogens (tertiary/aromatic N) is 2. The van der Waals surface area contributed by atoms with Gasteiger partial charge in [0.1, 0.15) is 0 Å². The summed E-state index contributed by atoms with van der Waals surface area (Å²) in [6.45, 7) is 5.58. The van der Waals surface area contributed by atoms with E-state index in [9.17, 15) is 4.79 Å². The number of halogens is 1. The molecule has 0 saturated heterocycles. The molecule has 1 aromatic carbocycles. The number of benzene rings is 1. The normalized spacial score (nSPS) is 10.9. The molecule has 0 saturated carbocycles. The first kappa shape index (κ1) is 10.4. The molecule has 0 spiro atoms. The van der Waals surface area contributed by atoms with Gasteiger partial charge in [-0.3, -0.25) is 4.79 Å². The van der Waals surface area contributed by atoms with Crippen molar-refractivity contribution in [3.63, 3.8) is 0 Å². The van der Waals surface area contributed by atoms with Gasteiger partial charge < -0.3 is 0 Å². The van der Waals surface area contributed by atoms with E-state index in [4.69, 9.17) is 0 Å². The van der Waals surface area contributed by atoms with Crippen molar-refractivity contribution in [3.8, 4) is 0 Å². The Balaban J connectivity index is 2.89. The second kappa shape index (κ2) is 3.45. The van der Waals surface area contributed by atoms with E-state index in [-0.39, 0.29) is 5.91 Å². The summed E-state index contributed by atoms with van der Waals surface area (Å²) in [7, 11) is 0. The molecule has 15 heavy (non-hydrogen) atoms. The molecule has 1 heterocycles. The van der Waals surface area contributed by atoms with Crippen LogP contribution >= 0.6 is 15.9 Å². The number of carbonyl (C=O) groups excluding carboxylic acids is 1. The first-order valence-electron chi connectivity index (χ1n) is 4.66. The highest BCUT2D eigenvalue weighted by Gasteiger charge is 2.11. The van der Waals surface area contributed by atoms with Gasteiger partial charge in [-0.05, 0) is 47.0 Å². The fourth-order valence-corrected chi connectivity index (χ4v) is 2.22. The van der Waals surface area contributed by atoms with Gasteiger partial charge in [-0.25, -0.2) is 4.68 Å². The van der Waals surface area contributed by atoms with Crippen LogP contribution in [0.4, 0.5) is 0 Å². The van der Waals surface area contributed by atoms with Gasteiger partial charge in [0, 0.05) is 16.8 Å². The average molecular weight is 267 g/mol. The summed E-state index contributed by atoms with van der Waals surface area (Å²) < 4.78 is 2.44.